The highest BCUT2D eigenvalue weighted by atomic mass is 32.1. The maximum absolute atomic E-state index is 13.2. The van der Waals surface area contributed by atoms with Crippen LogP contribution in [0.3, 0.4) is 0 Å². The van der Waals surface area contributed by atoms with Gasteiger partial charge in [0.1, 0.15) is 11.8 Å². The summed E-state index contributed by atoms with van der Waals surface area (Å²) in [6.45, 7) is 10.0. The molecule has 4 aromatic rings. The molecule has 0 aliphatic carbocycles. The zero-order valence-electron chi connectivity index (χ0n) is 28.3. The first kappa shape index (κ1) is 35.8. The number of hydrogen-bond donors (Lipinski definition) is 2. The predicted molar refractivity (Wildman–Crippen MR) is 190 cm³/mol. The lowest BCUT2D eigenvalue weighted by atomic mass is 9.95. The van der Waals surface area contributed by atoms with E-state index in [2.05, 4.69) is 48.3 Å². The van der Waals surface area contributed by atoms with Crippen molar-refractivity contribution in [1.29, 1.82) is 0 Å². The molecular formula is C38H48N4O4S. The molecule has 9 heteroatoms. The Balaban J connectivity index is 1.37. The minimum atomic E-state index is -0.747. The van der Waals surface area contributed by atoms with Gasteiger partial charge in [0.25, 0.3) is 5.91 Å². The van der Waals surface area contributed by atoms with Crippen LogP contribution in [0.5, 0.6) is 5.75 Å². The summed E-state index contributed by atoms with van der Waals surface area (Å²) < 4.78 is 11.0. The molecule has 0 bridgehead atoms. The number of ether oxygens (including phenoxy) is 2. The van der Waals surface area contributed by atoms with E-state index >= 15 is 0 Å². The van der Waals surface area contributed by atoms with Crippen LogP contribution in [0, 0.1) is 0 Å². The molecule has 2 N–H and O–H groups in total. The second-order valence-electron chi connectivity index (χ2n) is 12.7. The van der Waals surface area contributed by atoms with E-state index in [-0.39, 0.29) is 17.2 Å². The summed E-state index contributed by atoms with van der Waals surface area (Å²) >= 11 is 1.45. The molecule has 2 amide bonds. The van der Waals surface area contributed by atoms with Crippen LogP contribution in [0.25, 0.3) is 22.5 Å². The average Bonchev–Trinajstić information content (AvgIpc) is 3.59. The highest BCUT2D eigenvalue weighted by molar-refractivity contribution is 7.14. The number of methoxy groups -OCH3 is 1. The number of thiophene rings is 1. The van der Waals surface area contributed by atoms with Gasteiger partial charge in [-0.15, -0.1) is 11.3 Å². The van der Waals surface area contributed by atoms with Crippen molar-refractivity contribution in [2.75, 3.05) is 26.9 Å². The summed E-state index contributed by atoms with van der Waals surface area (Å²) in [5.41, 5.74) is 3.66. The number of benzene rings is 2. The van der Waals surface area contributed by atoms with Crippen LogP contribution in [-0.2, 0) is 21.4 Å². The number of carbonyl (C=O) groups is 2. The Bertz CT molecular complexity index is 1540. The average molecular weight is 657 g/mol. The van der Waals surface area contributed by atoms with E-state index in [1.54, 1.807) is 7.11 Å². The SMILES string of the molecule is CCCCCCCOc1ccc(-c2cnc(-c3ccc(CC(NC(=O)c4ccc(C(C)(C)C)s4)C(=O)NCCOC)cc3)nc2)cc1. The van der Waals surface area contributed by atoms with Gasteiger partial charge in [0.05, 0.1) is 18.1 Å². The second kappa shape index (κ2) is 17.7. The molecular weight excluding hydrogens is 609 g/mol. The van der Waals surface area contributed by atoms with E-state index < -0.39 is 6.04 Å². The molecule has 250 valence electrons. The number of rotatable bonds is 17. The number of carbonyl (C=O) groups excluding carboxylic acids is 2. The summed E-state index contributed by atoms with van der Waals surface area (Å²) in [6.07, 6.45) is 10.1. The molecule has 2 aromatic carbocycles. The van der Waals surface area contributed by atoms with Crippen LogP contribution in [0.4, 0.5) is 0 Å². The van der Waals surface area contributed by atoms with Crippen molar-refractivity contribution in [1.82, 2.24) is 20.6 Å². The molecule has 0 radical (unpaired) electrons. The van der Waals surface area contributed by atoms with Gasteiger partial charge < -0.3 is 20.1 Å². The smallest absolute Gasteiger partial charge is 0.262 e. The first-order chi connectivity index (χ1) is 22.7. The fourth-order valence-electron chi connectivity index (χ4n) is 4.99. The summed E-state index contributed by atoms with van der Waals surface area (Å²) in [4.78, 5) is 37.2. The third-order valence-corrected chi connectivity index (χ3v) is 9.31. The normalized spacial score (nSPS) is 12.0. The standard InChI is InChI=1S/C38H48N4O4S/c1-6-7-8-9-10-22-46-31-17-15-28(16-18-31)30-25-40-35(41-26-30)29-13-11-27(12-14-29)24-32(36(43)39-21-23-45-5)42-37(44)33-19-20-34(47-33)38(2,3)4/h11-20,25-26,32H,6-10,21-24H2,1-5H3,(H,39,43)(H,42,44). The van der Waals surface area contributed by atoms with E-state index in [0.29, 0.717) is 30.3 Å². The molecule has 0 aliphatic rings. The Labute approximate surface area is 283 Å². The largest absolute Gasteiger partial charge is 0.494 e. The first-order valence-electron chi connectivity index (χ1n) is 16.5. The monoisotopic (exact) mass is 656 g/mol. The van der Waals surface area contributed by atoms with E-state index in [9.17, 15) is 9.59 Å². The van der Waals surface area contributed by atoms with Crippen molar-refractivity contribution < 1.29 is 19.1 Å². The van der Waals surface area contributed by atoms with Crippen molar-refractivity contribution in [3.05, 3.63) is 88.4 Å². The fraction of sp³-hybridized carbons (Fsp3) is 0.421. The van der Waals surface area contributed by atoms with Crippen LogP contribution in [0.1, 0.15) is 79.9 Å². The Hall–Kier alpha value is -4.08. The first-order valence-corrected chi connectivity index (χ1v) is 17.3. The van der Waals surface area contributed by atoms with Gasteiger partial charge in [-0.3, -0.25) is 9.59 Å². The van der Waals surface area contributed by atoms with Gasteiger partial charge in [-0.2, -0.15) is 0 Å². The minimum absolute atomic E-state index is 0.0559. The van der Waals surface area contributed by atoms with E-state index in [0.717, 1.165) is 45.9 Å². The topological polar surface area (TPSA) is 102 Å². The molecule has 2 heterocycles. The second-order valence-corrected chi connectivity index (χ2v) is 13.8. The maximum Gasteiger partial charge on any atom is 0.262 e. The molecule has 1 unspecified atom stereocenters. The van der Waals surface area contributed by atoms with E-state index in [1.807, 2.05) is 73.1 Å². The Kier molecular flexibility index (Phi) is 13.5. The summed E-state index contributed by atoms with van der Waals surface area (Å²) in [5, 5.41) is 5.81. The van der Waals surface area contributed by atoms with Crippen LogP contribution in [0.15, 0.2) is 73.1 Å². The molecule has 4 rings (SSSR count). The van der Waals surface area contributed by atoms with E-state index in [1.165, 1.54) is 37.0 Å². The molecule has 1 atom stereocenters. The number of amides is 2. The van der Waals surface area contributed by atoms with Crippen LogP contribution < -0.4 is 15.4 Å². The van der Waals surface area contributed by atoms with Crippen molar-refractivity contribution >= 4 is 23.2 Å². The van der Waals surface area contributed by atoms with Crippen molar-refractivity contribution in [2.45, 2.75) is 77.7 Å². The summed E-state index contributed by atoms with van der Waals surface area (Å²) in [7, 11) is 1.58. The quantitative estimate of drug-likeness (QED) is 0.113. The predicted octanol–water partition coefficient (Wildman–Crippen LogP) is 7.62. The lowest BCUT2D eigenvalue weighted by molar-refractivity contribution is -0.123. The van der Waals surface area contributed by atoms with Crippen LogP contribution in [-0.4, -0.2) is 54.7 Å². The highest BCUT2D eigenvalue weighted by Gasteiger charge is 2.24. The number of nitrogens with one attached hydrogen (secondary N) is 2. The zero-order chi connectivity index (χ0) is 33.6. The lowest BCUT2D eigenvalue weighted by Gasteiger charge is -2.19. The third kappa shape index (κ3) is 11.0. The fourth-order valence-corrected chi connectivity index (χ4v) is 5.96. The number of hydrogen-bond acceptors (Lipinski definition) is 7. The molecule has 2 aromatic heterocycles. The number of aromatic nitrogens is 2. The highest BCUT2D eigenvalue weighted by Crippen LogP contribution is 2.29. The van der Waals surface area contributed by atoms with Crippen molar-refractivity contribution in [3.63, 3.8) is 0 Å². The molecule has 0 saturated heterocycles. The Morgan fingerprint density at radius 3 is 2.15 bits per heavy atom. The Morgan fingerprint density at radius 2 is 1.51 bits per heavy atom. The van der Waals surface area contributed by atoms with E-state index in [4.69, 9.17) is 9.47 Å². The Morgan fingerprint density at radius 1 is 0.830 bits per heavy atom. The number of nitrogens with zero attached hydrogens (tertiary/aromatic N) is 2. The maximum atomic E-state index is 13.2. The molecule has 47 heavy (non-hydrogen) atoms. The molecule has 0 saturated carbocycles. The van der Waals surface area contributed by atoms with Crippen LogP contribution >= 0.6 is 11.3 Å². The summed E-state index contributed by atoms with van der Waals surface area (Å²) in [6, 6.07) is 18.9. The van der Waals surface area contributed by atoms with Gasteiger partial charge in [-0.1, -0.05) is 89.8 Å². The van der Waals surface area contributed by atoms with Gasteiger partial charge in [0.2, 0.25) is 5.91 Å². The summed E-state index contributed by atoms with van der Waals surface area (Å²) in [5.74, 6) is 0.964. The molecule has 0 fully saturated rings. The third-order valence-electron chi connectivity index (χ3n) is 7.80. The van der Waals surface area contributed by atoms with Crippen LogP contribution in [0.2, 0.25) is 0 Å². The van der Waals surface area contributed by atoms with Gasteiger partial charge in [-0.25, -0.2) is 9.97 Å². The van der Waals surface area contributed by atoms with Crippen molar-refractivity contribution in [3.8, 4) is 28.3 Å². The number of unbranched alkanes of at least 4 members (excludes halogenated alkanes) is 4. The lowest BCUT2D eigenvalue weighted by Crippen LogP contribution is -2.48. The zero-order valence-corrected chi connectivity index (χ0v) is 29.1. The minimum Gasteiger partial charge on any atom is -0.494 e. The van der Waals surface area contributed by atoms with Gasteiger partial charge in [0, 0.05) is 48.5 Å². The van der Waals surface area contributed by atoms with Gasteiger partial charge in [0.15, 0.2) is 5.82 Å². The van der Waals surface area contributed by atoms with Crippen molar-refractivity contribution in [2.24, 2.45) is 0 Å². The molecule has 8 nitrogen and oxygen atoms in total. The van der Waals surface area contributed by atoms with Gasteiger partial charge in [-0.05, 0) is 47.2 Å². The van der Waals surface area contributed by atoms with Gasteiger partial charge >= 0.3 is 0 Å². The molecule has 0 spiro atoms. The molecule has 0 aliphatic heterocycles.